The second-order valence-electron chi connectivity index (χ2n) is 2.91. The molecule has 0 saturated heterocycles. The molecule has 0 spiro atoms. The van der Waals surface area contributed by atoms with Crippen molar-refractivity contribution in [2.24, 2.45) is 11.8 Å². The zero-order valence-corrected chi connectivity index (χ0v) is 6.22. The van der Waals surface area contributed by atoms with Gasteiger partial charge in [-0.1, -0.05) is 32.6 Å². The average Bonchev–Trinajstić information content (AvgIpc) is 2.15. The summed E-state index contributed by atoms with van der Waals surface area (Å²) in [6.45, 7) is 8.32. The highest BCUT2D eigenvalue weighted by Gasteiger charge is 2.18. The van der Waals surface area contributed by atoms with Gasteiger partial charge in [0.15, 0.2) is 0 Å². The minimum absolute atomic E-state index is 0.738. The van der Waals surface area contributed by atoms with Crippen LogP contribution in [0.25, 0.3) is 0 Å². The minimum atomic E-state index is 0.738. The number of hydrogen-bond donors (Lipinski definition) is 0. The van der Waals surface area contributed by atoms with Crippen LogP contribution in [-0.4, -0.2) is 0 Å². The van der Waals surface area contributed by atoms with Crippen LogP contribution in [0.4, 0.5) is 0 Å². The summed E-state index contributed by atoms with van der Waals surface area (Å²) in [5.74, 6) is 1.57. The molecular weight excluding hydrogens is 108 g/mol. The van der Waals surface area contributed by atoms with Crippen molar-refractivity contribution in [2.75, 3.05) is 0 Å². The molecule has 0 nitrogen and oxygen atoms in total. The number of hydrogen-bond acceptors (Lipinski definition) is 0. The summed E-state index contributed by atoms with van der Waals surface area (Å²) < 4.78 is 0. The van der Waals surface area contributed by atoms with Crippen LogP contribution in [0.5, 0.6) is 0 Å². The molecule has 0 aliphatic heterocycles. The van der Waals surface area contributed by atoms with Gasteiger partial charge in [-0.2, -0.15) is 0 Å². The third kappa shape index (κ3) is 1.07. The van der Waals surface area contributed by atoms with Crippen LogP contribution in [0.15, 0.2) is 24.3 Å². The lowest BCUT2D eigenvalue weighted by Gasteiger charge is -2.10. The Morgan fingerprint density at radius 2 is 2.33 bits per heavy atom. The van der Waals surface area contributed by atoms with Crippen LogP contribution in [0, 0.1) is 11.8 Å². The van der Waals surface area contributed by atoms with Gasteiger partial charge in [-0.3, -0.25) is 0 Å². The normalized spacial score (nSPS) is 34.2. The first-order valence-electron chi connectivity index (χ1n) is 3.58. The van der Waals surface area contributed by atoms with Gasteiger partial charge >= 0.3 is 0 Å². The summed E-state index contributed by atoms with van der Waals surface area (Å²) in [5.41, 5.74) is 1.43. The van der Waals surface area contributed by atoms with Crippen molar-refractivity contribution in [1.29, 1.82) is 0 Å². The van der Waals surface area contributed by atoms with Crippen LogP contribution in [-0.2, 0) is 0 Å². The van der Waals surface area contributed by atoms with E-state index in [1.54, 1.807) is 0 Å². The van der Waals surface area contributed by atoms with E-state index in [4.69, 9.17) is 0 Å². The van der Waals surface area contributed by atoms with Crippen LogP contribution in [0.2, 0.25) is 0 Å². The molecule has 2 unspecified atom stereocenters. The van der Waals surface area contributed by atoms with Gasteiger partial charge in [-0.05, 0) is 23.8 Å². The Labute approximate surface area is 57.3 Å². The van der Waals surface area contributed by atoms with Crippen LogP contribution >= 0.6 is 0 Å². The third-order valence-electron chi connectivity index (χ3n) is 2.34. The topological polar surface area (TPSA) is 0 Å². The standard InChI is InChI=1S/C9H14/c1-4-9-6-5-7(2)8(9)3/h4,6-8H,1,5H2,2-3H3. The number of allylic oxidation sites excluding steroid dienone is 3. The molecule has 2 atom stereocenters. The Balaban J connectivity index is 2.66. The van der Waals surface area contributed by atoms with Crippen molar-refractivity contribution in [1.82, 2.24) is 0 Å². The summed E-state index contributed by atoms with van der Waals surface area (Å²) in [6, 6.07) is 0. The Kier molecular flexibility index (Phi) is 1.75. The average molecular weight is 122 g/mol. The molecule has 0 N–H and O–H groups in total. The SMILES string of the molecule is C=CC1=CCC(C)C1C. The predicted octanol–water partition coefficient (Wildman–Crippen LogP) is 2.77. The van der Waals surface area contributed by atoms with E-state index in [2.05, 4.69) is 26.5 Å². The highest BCUT2D eigenvalue weighted by atomic mass is 14.2. The van der Waals surface area contributed by atoms with Gasteiger partial charge in [-0.25, -0.2) is 0 Å². The fraction of sp³-hybridized carbons (Fsp3) is 0.556. The predicted molar refractivity (Wildman–Crippen MR) is 41.2 cm³/mol. The summed E-state index contributed by atoms with van der Waals surface area (Å²) in [7, 11) is 0. The Morgan fingerprint density at radius 1 is 1.67 bits per heavy atom. The Hall–Kier alpha value is -0.520. The van der Waals surface area contributed by atoms with Crippen molar-refractivity contribution < 1.29 is 0 Å². The van der Waals surface area contributed by atoms with Crippen molar-refractivity contribution in [3.8, 4) is 0 Å². The van der Waals surface area contributed by atoms with E-state index in [1.807, 2.05) is 6.08 Å². The second-order valence-corrected chi connectivity index (χ2v) is 2.91. The van der Waals surface area contributed by atoms with Gasteiger partial charge in [0.25, 0.3) is 0 Å². The lowest BCUT2D eigenvalue weighted by Crippen LogP contribution is -2.00. The van der Waals surface area contributed by atoms with E-state index in [-0.39, 0.29) is 0 Å². The van der Waals surface area contributed by atoms with E-state index in [0.29, 0.717) is 0 Å². The lowest BCUT2D eigenvalue weighted by molar-refractivity contribution is 0.487. The molecule has 0 aromatic rings. The van der Waals surface area contributed by atoms with Crippen LogP contribution in [0.3, 0.4) is 0 Å². The molecule has 0 radical (unpaired) electrons. The quantitative estimate of drug-likeness (QED) is 0.501. The van der Waals surface area contributed by atoms with Crippen LogP contribution in [0.1, 0.15) is 20.3 Å². The molecule has 0 aromatic carbocycles. The van der Waals surface area contributed by atoms with E-state index in [9.17, 15) is 0 Å². The van der Waals surface area contributed by atoms with Crippen molar-refractivity contribution in [2.45, 2.75) is 20.3 Å². The highest BCUT2D eigenvalue weighted by molar-refractivity contribution is 5.23. The molecule has 1 rings (SSSR count). The first-order chi connectivity index (χ1) is 4.25. The molecule has 1 aliphatic rings. The van der Waals surface area contributed by atoms with Gasteiger partial charge in [0.1, 0.15) is 0 Å². The van der Waals surface area contributed by atoms with E-state index < -0.39 is 0 Å². The summed E-state index contributed by atoms with van der Waals surface area (Å²) >= 11 is 0. The van der Waals surface area contributed by atoms with Crippen molar-refractivity contribution >= 4 is 0 Å². The summed E-state index contributed by atoms with van der Waals surface area (Å²) in [5, 5.41) is 0. The summed E-state index contributed by atoms with van der Waals surface area (Å²) in [4.78, 5) is 0. The molecule has 0 amide bonds. The maximum atomic E-state index is 3.76. The smallest absolute Gasteiger partial charge is 0.0165 e. The van der Waals surface area contributed by atoms with Crippen molar-refractivity contribution in [3.05, 3.63) is 24.3 Å². The Bertz CT molecular complexity index is 142. The molecule has 0 fully saturated rings. The largest absolute Gasteiger partial charge is 0.0988 e. The highest BCUT2D eigenvalue weighted by Crippen LogP contribution is 2.30. The van der Waals surface area contributed by atoms with Gasteiger partial charge in [0.05, 0.1) is 0 Å². The van der Waals surface area contributed by atoms with E-state index in [1.165, 1.54) is 12.0 Å². The third-order valence-corrected chi connectivity index (χ3v) is 2.34. The summed E-state index contributed by atoms with van der Waals surface area (Å²) in [6.07, 6.45) is 5.51. The molecule has 0 aromatic heterocycles. The first kappa shape index (κ1) is 6.60. The van der Waals surface area contributed by atoms with Crippen LogP contribution < -0.4 is 0 Å². The molecule has 50 valence electrons. The molecule has 0 saturated carbocycles. The molecule has 9 heavy (non-hydrogen) atoms. The minimum Gasteiger partial charge on any atom is -0.0988 e. The molecule has 0 heterocycles. The fourth-order valence-electron chi connectivity index (χ4n) is 1.31. The fourth-order valence-corrected chi connectivity index (χ4v) is 1.31. The van der Waals surface area contributed by atoms with Gasteiger partial charge in [0, 0.05) is 0 Å². The molecule has 0 bridgehead atoms. The van der Waals surface area contributed by atoms with Gasteiger partial charge in [0.2, 0.25) is 0 Å². The second kappa shape index (κ2) is 2.38. The van der Waals surface area contributed by atoms with Crippen molar-refractivity contribution in [3.63, 3.8) is 0 Å². The lowest BCUT2D eigenvalue weighted by atomic mass is 9.95. The van der Waals surface area contributed by atoms with Gasteiger partial charge < -0.3 is 0 Å². The molecule has 0 heteroatoms. The number of rotatable bonds is 1. The first-order valence-corrected chi connectivity index (χ1v) is 3.58. The molecule has 1 aliphatic carbocycles. The maximum absolute atomic E-state index is 3.76. The monoisotopic (exact) mass is 122 g/mol. The zero-order valence-electron chi connectivity index (χ0n) is 6.22. The maximum Gasteiger partial charge on any atom is -0.0165 e. The molecular formula is C9H14. The van der Waals surface area contributed by atoms with E-state index in [0.717, 1.165) is 11.8 Å². The Morgan fingerprint density at radius 3 is 2.56 bits per heavy atom. The van der Waals surface area contributed by atoms with E-state index >= 15 is 0 Å². The zero-order chi connectivity index (χ0) is 6.85. The van der Waals surface area contributed by atoms with Gasteiger partial charge in [-0.15, -0.1) is 0 Å².